The average Bonchev–Trinajstić information content (AvgIpc) is 2.80. The van der Waals surface area contributed by atoms with E-state index in [-0.39, 0.29) is 13.0 Å². The third kappa shape index (κ3) is 2.81. The minimum Gasteiger partial charge on any atom is -0.480 e. The molecule has 1 aromatic carbocycles. The Bertz CT molecular complexity index is 514. The molecule has 1 amide bonds. The molecule has 1 aromatic rings. The maximum atomic E-state index is 12.3. The van der Waals surface area contributed by atoms with E-state index in [0.29, 0.717) is 5.56 Å². The summed E-state index contributed by atoms with van der Waals surface area (Å²) < 4.78 is 0. The summed E-state index contributed by atoms with van der Waals surface area (Å²) in [7, 11) is 0. The molecule has 1 saturated heterocycles. The minimum atomic E-state index is -1.12. The van der Waals surface area contributed by atoms with Crippen molar-refractivity contribution in [2.24, 2.45) is 5.73 Å². The molecule has 1 unspecified atom stereocenters. The van der Waals surface area contributed by atoms with Crippen LogP contribution in [0.5, 0.6) is 0 Å². The van der Waals surface area contributed by atoms with Gasteiger partial charge in [-0.05, 0) is 12.5 Å². The number of aliphatic hydroxyl groups excluding tert-OH is 1. The first-order valence-corrected chi connectivity index (χ1v) is 6.43. The van der Waals surface area contributed by atoms with Crippen LogP contribution in [0.15, 0.2) is 24.3 Å². The van der Waals surface area contributed by atoms with Crippen LogP contribution in [0.4, 0.5) is 0 Å². The number of carboxylic acid groups (broad SMARTS) is 1. The fourth-order valence-electron chi connectivity index (χ4n) is 2.39. The fraction of sp³-hybridized carbons (Fsp3) is 0.429. The average molecular weight is 278 g/mol. The van der Waals surface area contributed by atoms with E-state index < -0.39 is 30.1 Å². The number of nitrogens with two attached hydrogens (primary N) is 1. The van der Waals surface area contributed by atoms with E-state index in [9.17, 15) is 14.7 Å². The Morgan fingerprint density at radius 2 is 1.95 bits per heavy atom. The summed E-state index contributed by atoms with van der Waals surface area (Å²) in [6.45, 7) is 1.93. The molecule has 108 valence electrons. The number of hydrogen-bond donors (Lipinski definition) is 3. The molecule has 0 radical (unpaired) electrons. The van der Waals surface area contributed by atoms with Crippen molar-refractivity contribution in [1.29, 1.82) is 0 Å². The molecule has 0 spiro atoms. The Morgan fingerprint density at radius 3 is 2.50 bits per heavy atom. The van der Waals surface area contributed by atoms with E-state index in [4.69, 9.17) is 10.8 Å². The molecule has 1 fully saturated rings. The Kier molecular flexibility index (Phi) is 4.06. The lowest BCUT2D eigenvalue weighted by Gasteiger charge is -2.24. The Hall–Kier alpha value is -1.92. The lowest BCUT2D eigenvalue weighted by Crippen LogP contribution is -2.45. The summed E-state index contributed by atoms with van der Waals surface area (Å²) in [5, 5.41) is 18.7. The van der Waals surface area contributed by atoms with Gasteiger partial charge in [0, 0.05) is 13.0 Å². The van der Waals surface area contributed by atoms with Crippen LogP contribution in [0.2, 0.25) is 0 Å². The zero-order valence-corrected chi connectivity index (χ0v) is 11.2. The second-order valence-electron chi connectivity index (χ2n) is 5.12. The van der Waals surface area contributed by atoms with Gasteiger partial charge in [-0.2, -0.15) is 0 Å². The van der Waals surface area contributed by atoms with Crippen molar-refractivity contribution in [3.8, 4) is 0 Å². The van der Waals surface area contributed by atoms with Gasteiger partial charge in [-0.25, -0.2) is 4.79 Å². The smallest absolute Gasteiger partial charge is 0.326 e. The number of carbonyl (C=O) groups excluding carboxylic acids is 1. The van der Waals surface area contributed by atoms with E-state index in [1.54, 1.807) is 12.1 Å². The molecule has 4 N–H and O–H groups in total. The van der Waals surface area contributed by atoms with Crippen molar-refractivity contribution >= 4 is 11.9 Å². The Morgan fingerprint density at radius 1 is 1.35 bits per heavy atom. The molecule has 1 aliphatic heterocycles. The zero-order valence-electron chi connectivity index (χ0n) is 11.2. The molecule has 0 aliphatic carbocycles. The molecule has 2 rings (SSSR count). The van der Waals surface area contributed by atoms with Gasteiger partial charge in [-0.15, -0.1) is 0 Å². The number of carboxylic acids is 1. The van der Waals surface area contributed by atoms with Gasteiger partial charge in [0.25, 0.3) is 0 Å². The molecule has 0 aromatic heterocycles. The van der Waals surface area contributed by atoms with Gasteiger partial charge in [-0.1, -0.05) is 29.8 Å². The molecule has 0 bridgehead atoms. The third-order valence-electron chi connectivity index (χ3n) is 3.55. The molecule has 1 heterocycles. The molecule has 0 saturated carbocycles. The molecular weight excluding hydrogens is 260 g/mol. The molecule has 6 heteroatoms. The van der Waals surface area contributed by atoms with Crippen LogP contribution >= 0.6 is 0 Å². The summed E-state index contributed by atoms with van der Waals surface area (Å²) >= 11 is 0. The first kappa shape index (κ1) is 14.5. The number of carbonyl (C=O) groups is 2. The minimum absolute atomic E-state index is 0.00929. The van der Waals surface area contributed by atoms with E-state index in [1.807, 2.05) is 19.1 Å². The predicted octanol–water partition coefficient (Wildman–Crippen LogP) is 0.0412. The number of rotatable bonds is 3. The first-order valence-electron chi connectivity index (χ1n) is 6.43. The summed E-state index contributed by atoms with van der Waals surface area (Å²) in [6, 6.07) is 5.27. The van der Waals surface area contributed by atoms with E-state index in [1.165, 1.54) is 0 Å². The summed E-state index contributed by atoms with van der Waals surface area (Å²) in [6.07, 6.45) is -0.771. The SMILES string of the molecule is Cc1ccc(C(N)C(=O)N2C[C@H](O)C[C@@H]2C(=O)O)cc1. The highest BCUT2D eigenvalue weighted by Crippen LogP contribution is 2.23. The lowest BCUT2D eigenvalue weighted by atomic mass is 10.0. The Labute approximate surface area is 116 Å². The first-order chi connectivity index (χ1) is 9.40. The monoisotopic (exact) mass is 278 g/mol. The standard InChI is InChI=1S/C14H18N2O4/c1-8-2-4-9(5-3-8)12(15)13(18)16-7-10(17)6-11(16)14(19)20/h2-5,10-12,17H,6-7,15H2,1H3,(H,19,20)/t10-,11-,12?/m1/s1. The van der Waals surface area contributed by atoms with Crippen molar-refractivity contribution in [1.82, 2.24) is 4.90 Å². The number of β-amino-alcohol motifs (C(OH)–C–C–N with tert-alkyl or cyclic N) is 1. The van der Waals surface area contributed by atoms with Gasteiger partial charge >= 0.3 is 5.97 Å². The molecule has 3 atom stereocenters. The molecule has 6 nitrogen and oxygen atoms in total. The quantitative estimate of drug-likeness (QED) is 0.724. The van der Waals surface area contributed by atoms with Gasteiger partial charge < -0.3 is 20.8 Å². The van der Waals surface area contributed by atoms with E-state index in [2.05, 4.69) is 0 Å². The van der Waals surface area contributed by atoms with Crippen molar-refractivity contribution < 1.29 is 19.8 Å². The van der Waals surface area contributed by atoms with Gasteiger partial charge in [0.1, 0.15) is 12.1 Å². The van der Waals surface area contributed by atoms with E-state index >= 15 is 0 Å². The molecular formula is C14H18N2O4. The largest absolute Gasteiger partial charge is 0.480 e. The number of likely N-dealkylation sites (tertiary alicyclic amines) is 1. The number of aliphatic carboxylic acids is 1. The van der Waals surface area contributed by atoms with Crippen LogP contribution in [0.3, 0.4) is 0 Å². The number of nitrogens with zero attached hydrogens (tertiary/aromatic N) is 1. The van der Waals surface area contributed by atoms with Gasteiger partial charge in [0.2, 0.25) is 5.91 Å². The maximum absolute atomic E-state index is 12.3. The van der Waals surface area contributed by atoms with Crippen LogP contribution in [-0.2, 0) is 9.59 Å². The van der Waals surface area contributed by atoms with Crippen LogP contribution in [-0.4, -0.2) is 45.7 Å². The van der Waals surface area contributed by atoms with Crippen LogP contribution in [0, 0.1) is 6.92 Å². The van der Waals surface area contributed by atoms with E-state index in [0.717, 1.165) is 10.5 Å². The normalized spacial score (nSPS) is 23.6. The number of amides is 1. The topological polar surface area (TPSA) is 104 Å². The van der Waals surface area contributed by atoms with Crippen LogP contribution in [0.25, 0.3) is 0 Å². The van der Waals surface area contributed by atoms with Crippen molar-refractivity contribution in [2.45, 2.75) is 31.5 Å². The highest BCUT2D eigenvalue weighted by molar-refractivity contribution is 5.88. The van der Waals surface area contributed by atoms with Crippen LogP contribution < -0.4 is 5.73 Å². The number of hydrogen-bond acceptors (Lipinski definition) is 4. The Balaban J connectivity index is 2.17. The summed E-state index contributed by atoms with van der Waals surface area (Å²) in [5.74, 6) is -1.59. The number of aryl methyl sites for hydroxylation is 1. The summed E-state index contributed by atoms with van der Waals surface area (Å²) in [5.41, 5.74) is 7.59. The summed E-state index contributed by atoms with van der Waals surface area (Å²) in [4.78, 5) is 24.6. The van der Waals surface area contributed by atoms with Crippen molar-refractivity contribution in [3.63, 3.8) is 0 Å². The second kappa shape index (κ2) is 5.60. The highest BCUT2D eigenvalue weighted by atomic mass is 16.4. The van der Waals surface area contributed by atoms with Crippen LogP contribution in [0.1, 0.15) is 23.6 Å². The molecule has 1 aliphatic rings. The fourth-order valence-corrected chi connectivity index (χ4v) is 2.39. The lowest BCUT2D eigenvalue weighted by molar-refractivity contribution is -0.148. The maximum Gasteiger partial charge on any atom is 0.326 e. The van der Waals surface area contributed by atoms with Gasteiger partial charge in [0.05, 0.1) is 6.10 Å². The van der Waals surface area contributed by atoms with Crippen molar-refractivity contribution in [2.75, 3.05) is 6.54 Å². The van der Waals surface area contributed by atoms with Crippen molar-refractivity contribution in [3.05, 3.63) is 35.4 Å². The zero-order chi connectivity index (χ0) is 14.9. The highest BCUT2D eigenvalue weighted by Gasteiger charge is 2.40. The third-order valence-corrected chi connectivity index (χ3v) is 3.55. The predicted molar refractivity (Wildman–Crippen MR) is 71.9 cm³/mol. The number of aliphatic hydroxyl groups is 1. The number of benzene rings is 1. The molecule has 20 heavy (non-hydrogen) atoms. The second-order valence-corrected chi connectivity index (χ2v) is 5.12. The van der Waals surface area contributed by atoms with Gasteiger partial charge in [0.15, 0.2) is 0 Å². The van der Waals surface area contributed by atoms with Gasteiger partial charge in [-0.3, -0.25) is 4.79 Å².